The van der Waals surface area contributed by atoms with E-state index in [1.807, 2.05) is 42.5 Å². The lowest BCUT2D eigenvalue weighted by atomic mass is 9.75. The number of aromatic amines is 1. The molecule has 0 atom stereocenters. The summed E-state index contributed by atoms with van der Waals surface area (Å²) in [7, 11) is 0. The van der Waals surface area contributed by atoms with E-state index in [0.717, 1.165) is 37.7 Å². The van der Waals surface area contributed by atoms with Gasteiger partial charge >= 0.3 is 5.76 Å². The van der Waals surface area contributed by atoms with Gasteiger partial charge in [-0.3, -0.25) is 9.78 Å². The largest absolute Gasteiger partial charge is 0.417 e. The highest BCUT2D eigenvalue weighted by molar-refractivity contribution is 5.94. The molecule has 0 bridgehead atoms. The predicted molar refractivity (Wildman–Crippen MR) is 113 cm³/mol. The van der Waals surface area contributed by atoms with Crippen LogP contribution in [-0.2, 0) is 0 Å². The molecular formula is C23H27N3O3. The fourth-order valence-electron chi connectivity index (χ4n) is 4.21. The smallest absolute Gasteiger partial charge is 0.408 e. The molecule has 0 saturated heterocycles. The summed E-state index contributed by atoms with van der Waals surface area (Å²) in [5.74, 6) is 0.0391. The van der Waals surface area contributed by atoms with E-state index in [2.05, 4.69) is 28.6 Å². The molecule has 3 N–H and O–H groups in total. The van der Waals surface area contributed by atoms with Crippen molar-refractivity contribution in [1.29, 1.82) is 0 Å². The van der Waals surface area contributed by atoms with Crippen molar-refractivity contribution < 1.29 is 9.21 Å². The van der Waals surface area contributed by atoms with E-state index in [1.54, 1.807) is 0 Å². The first kappa shape index (κ1) is 19.5. The number of aromatic nitrogens is 1. The molecule has 1 heterocycles. The number of fused-ring (bicyclic) bond motifs is 1. The molecule has 1 amide bonds. The molecule has 29 heavy (non-hydrogen) atoms. The summed E-state index contributed by atoms with van der Waals surface area (Å²) in [5.41, 5.74) is 3.39. The number of hydrogen-bond acceptors (Lipinski definition) is 4. The maximum atomic E-state index is 12.1. The van der Waals surface area contributed by atoms with E-state index in [4.69, 9.17) is 4.42 Å². The number of benzene rings is 2. The van der Waals surface area contributed by atoms with Crippen molar-refractivity contribution in [3.8, 4) is 0 Å². The summed E-state index contributed by atoms with van der Waals surface area (Å²) in [6, 6.07) is 15.3. The molecule has 1 fully saturated rings. The zero-order valence-corrected chi connectivity index (χ0v) is 16.7. The summed E-state index contributed by atoms with van der Waals surface area (Å²) < 4.78 is 5.20. The van der Waals surface area contributed by atoms with Crippen molar-refractivity contribution in [2.24, 2.45) is 0 Å². The Kier molecular flexibility index (Phi) is 5.53. The molecule has 2 aromatic carbocycles. The van der Waals surface area contributed by atoms with Crippen LogP contribution in [0.5, 0.6) is 0 Å². The third kappa shape index (κ3) is 4.59. The lowest BCUT2D eigenvalue weighted by Crippen LogP contribution is -2.47. The number of carbonyl (C=O) groups is 1. The van der Waals surface area contributed by atoms with E-state index >= 15 is 0 Å². The second-order valence-electron chi connectivity index (χ2n) is 8.15. The second-order valence-corrected chi connectivity index (χ2v) is 8.15. The number of H-pyrrole nitrogens is 1. The van der Waals surface area contributed by atoms with E-state index in [-0.39, 0.29) is 11.4 Å². The van der Waals surface area contributed by atoms with Crippen LogP contribution in [0.2, 0.25) is 0 Å². The quantitative estimate of drug-likeness (QED) is 0.559. The Morgan fingerprint density at radius 1 is 1.14 bits per heavy atom. The van der Waals surface area contributed by atoms with Crippen LogP contribution in [0.3, 0.4) is 0 Å². The van der Waals surface area contributed by atoms with Gasteiger partial charge in [-0.2, -0.15) is 0 Å². The molecule has 0 spiro atoms. The molecule has 3 aromatic rings. The summed E-state index contributed by atoms with van der Waals surface area (Å²) in [5, 5.41) is 6.60. The van der Waals surface area contributed by atoms with Gasteiger partial charge < -0.3 is 15.1 Å². The number of amides is 1. The fourth-order valence-corrected chi connectivity index (χ4v) is 4.21. The highest BCUT2D eigenvalue weighted by Gasteiger charge is 2.31. The third-order valence-corrected chi connectivity index (χ3v) is 6.00. The predicted octanol–water partition coefficient (Wildman–Crippen LogP) is 3.56. The summed E-state index contributed by atoms with van der Waals surface area (Å²) in [6.45, 7) is 3.62. The normalized spacial score (nSPS) is 21.9. The topological polar surface area (TPSA) is 87.1 Å². The van der Waals surface area contributed by atoms with Crippen molar-refractivity contribution in [2.45, 2.75) is 44.1 Å². The molecule has 1 saturated carbocycles. The van der Waals surface area contributed by atoms with Crippen molar-refractivity contribution in [2.75, 3.05) is 13.1 Å². The van der Waals surface area contributed by atoms with Crippen LogP contribution in [0, 0.1) is 0 Å². The number of oxazole rings is 1. The van der Waals surface area contributed by atoms with Gasteiger partial charge in [-0.05, 0) is 68.4 Å². The minimum atomic E-state index is -0.406. The Labute approximate surface area is 169 Å². The van der Waals surface area contributed by atoms with Crippen molar-refractivity contribution in [3.05, 3.63) is 70.2 Å². The average Bonchev–Trinajstić information content (AvgIpc) is 3.11. The molecule has 152 valence electrons. The highest BCUT2D eigenvalue weighted by Crippen LogP contribution is 2.38. The number of nitrogens with one attached hydrogen (secondary N) is 3. The molecule has 1 aromatic heterocycles. The Bertz CT molecular complexity index is 1030. The van der Waals surface area contributed by atoms with Crippen LogP contribution in [0.1, 0.15) is 54.4 Å². The summed E-state index contributed by atoms with van der Waals surface area (Å²) in [6.07, 6.45) is 4.30. The van der Waals surface area contributed by atoms with E-state index in [0.29, 0.717) is 23.6 Å². The molecule has 0 unspecified atom stereocenters. The standard InChI is InChI=1S/C23H27N3O3/c1-23(25-14-13-24-21(27)17-5-3-2-4-6-17)11-9-16(10-12-23)18-7-8-19-20(15-18)29-22(28)26-19/h2-8,15-16,25H,9-14H2,1H3,(H,24,27)(H,26,28). The van der Waals surface area contributed by atoms with Crippen LogP contribution in [-0.4, -0.2) is 29.5 Å². The van der Waals surface area contributed by atoms with Crippen LogP contribution in [0.15, 0.2) is 57.7 Å². The number of carbonyl (C=O) groups excluding carboxylic acids is 1. The second kappa shape index (κ2) is 8.25. The maximum absolute atomic E-state index is 12.1. The lowest BCUT2D eigenvalue weighted by molar-refractivity contribution is 0.0952. The zero-order valence-electron chi connectivity index (χ0n) is 16.7. The number of hydrogen-bond donors (Lipinski definition) is 3. The first-order valence-corrected chi connectivity index (χ1v) is 10.2. The van der Waals surface area contributed by atoms with Gasteiger partial charge in [0.25, 0.3) is 5.91 Å². The SMILES string of the molecule is CC1(NCCNC(=O)c2ccccc2)CCC(c2ccc3[nH]c(=O)oc3c2)CC1. The molecule has 6 heteroatoms. The van der Waals surface area contributed by atoms with Gasteiger partial charge in [-0.1, -0.05) is 24.3 Å². The van der Waals surface area contributed by atoms with Gasteiger partial charge in [-0.25, -0.2) is 4.79 Å². The first-order valence-electron chi connectivity index (χ1n) is 10.2. The molecular weight excluding hydrogens is 366 g/mol. The molecule has 0 aliphatic heterocycles. The maximum Gasteiger partial charge on any atom is 0.417 e. The first-order chi connectivity index (χ1) is 14.0. The molecule has 4 rings (SSSR count). The third-order valence-electron chi connectivity index (χ3n) is 6.00. The van der Waals surface area contributed by atoms with Crippen molar-refractivity contribution in [1.82, 2.24) is 15.6 Å². The Morgan fingerprint density at radius 3 is 2.66 bits per heavy atom. The Morgan fingerprint density at radius 2 is 1.90 bits per heavy atom. The van der Waals surface area contributed by atoms with Crippen LogP contribution < -0.4 is 16.4 Å². The van der Waals surface area contributed by atoms with Crippen molar-refractivity contribution >= 4 is 17.0 Å². The van der Waals surface area contributed by atoms with E-state index in [9.17, 15) is 9.59 Å². The zero-order chi connectivity index (χ0) is 20.3. The molecule has 0 radical (unpaired) electrons. The van der Waals surface area contributed by atoms with Gasteiger partial charge in [-0.15, -0.1) is 0 Å². The minimum Gasteiger partial charge on any atom is -0.408 e. The molecule has 1 aliphatic carbocycles. The van der Waals surface area contributed by atoms with Gasteiger partial charge in [0.2, 0.25) is 0 Å². The van der Waals surface area contributed by atoms with Gasteiger partial charge in [0.1, 0.15) is 0 Å². The monoisotopic (exact) mass is 393 g/mol. The Balaban J connectivity index is 1.25. The average molecular weight is 393 g/mol. The van der Waals surface area contributed by atoms with E-state index in [1.165, 1.54) is 5.56 Å². The van der Waals surface area contributed by atoms with E-state index < -0.39 is 5.76 Å². The van der Waals surface area contributed by atoms with Crippen LogP contribution >= 0.6 is 0 Å². The van der Waals surface area contributed by atoms with Crippen LogP contribution in [0.4, 0.5) is 0 Å². The minimum absolute atomic E-state index is 0.0342. The van der Waals surface area contributed by atoms with Gasteiger partial charge in [0, 0.05) is 24.2 Å². The highest BCUT2D eigenvalue weighted by atomic mass is 16.4. The van der Waals surface area contributed by atoms with Crippen molar-refractivity contribution in [3.63, 3.8) is 0 Å². The fraction of sp³-hybridized carbons (Fsp3) is 0.391. The van der Waals surface area contributed by atoms with Gasteiger partial charge in [0.05, 0.1) is 5.52 Å². The lowest BCUT2D eigenvalue weighted by Gasteiger charge is -2.38. The molecule has 1 aliphatic rings. The Hall–Kier alpha value is -2.86. The molecule has 6 nitrogen and oxygen atoms in total. The summed E-state index contributed by atoms with van der Waals surface area (Å²) in [4.78, 5) is 26.1. The van der Waals surface area contributed by atoms with Gasteiger partial charge in [0.15, 0.2) is 5.58 Å². The van der Waals surface area contributed by atoms with Crippen LogP contribution in [0.25, 0.3) is 11.1 Å². The number of rotatable bonds is 6. The summed E-state index contributed by atoms with van der Waals surface area (Å²) >= 11 is 0.